The van der Waals surface area contributed by atoms with Crippen LogP contribution in [0, 0.1) is 11.8 Å². The van der Waals surface area contributed by atoms with Crippen molar-refractivity contribution in [2.75, 3.05) is 0 Å². The maximum Gasteiger partial charge on any atom is 0.333 e. The molecular formula is C16H24O4. The van der Waals surface area contributed by atoms with Crippen LogP contribution in [0.15, 0.2) is 24.3 Å². The summed E-state index contributed by atoms with van der Waals surface area (Å²) in [6.07, 6.45) is 1.09. The van der Waals surface area contributed by atoms with Gasteiger partial charge in [-0.3, -0.25) is 0 Å². The minimum atomic E-state index is -0.355. The molecule has 0 N–H and O–H groups in total. The van der Waals surface area contributed by atoms with Gasteiger partial charge in [0.05, 0.1) is 0 Å². The lowest BCUT2D eigenvalue weighted by atomic mass is 9.79. The summed E-state index contributed by atoms with van der Waals surface area (Å²) in [4.78, 5) is 23.2. The fraction of sp³-hybridized carbons (Fsp3) is 0.625. The maximum absolute atomic E-state index is 11.6. The molecule has 1 rings (SSSR count). The monoisotopic (exact) mass is 280 g/mol. The Kier molecular flexibility index (Phi) is 5.54. The first-order valence-corrected chi connectivity index (χ1v) is 6.95. The molecule has 0 heterocycles. The van der Waals surface area contributed by atoms with Crippen molar-refractivity contribution in [3.63, 3.8) is 0 Å². The molecule has 0 aromatic rings. The van der Waals surface area contributed by atoms with E-state index in [9.17, 15) is 9.59 Å². The second-order valence-corrected chi connectivity index (χ2v) is 5.88. The minimum Gasteiger partial charge on any atom is -0.459 e. The van der Waals surface area contributed by atoms with Gasteiger partial charge in [-0.2, -0.15) is 0 Å². The number of hydrogen-bond acceptors (Lipinski definition) is 4. The van der Waals surface area contributed by atoms with Crippen LogP contribution in [0.5, 0.6) is 0 Å². The number of carbonyl (C=O) groups excluding carboxylic acids is 2. The molecule has 112 valence electrons. The topological polar surface area (TPSA) is 52.6 Å². The molecule has 0 spiro atoms. The standard InChI is InChI=1S/C16H24O4/c1-9(2)15(17)19-13-7-11(5)14(12(6)8-13)20-16(18)10(3)4/h11-14H,1,3,7-8H2,2,4-6H3. The second-order valence-electron chi connectivity index (χ2n) is 5.88. The Bertz CT molecular complexity index is 412. The largest absolute Gasteiger partial charge is 0.459 e. The van der Waals surface area contributed by atoms with Crippen LogP contribution in [0.25, 0.3) is 0 Å². The van der Waals surface area contributed by atoms with Gasteiger partial charge < -0.3 is 9.47 Å². The Balaban J connectivity index is 2.62. The summed E-state index contributed by atoms with van der Waals surface area (Å²) < 4.78 is 10.9. The van der Waals surface area contributed by atoms with Gasteiger partial charge in [-0.05, 0) is 38.5 Å². The predicted octanol–water partition coefficient (Wildman–Crippen LogP) is 3.03. The van der Waals surface area contributed by atoms with Crippen molar-refractivity contribution >= 4 is 11.9 Å². The SMILES string of the molecule is C=C(C)C(=O)OC1CC(C)C(OC(=O)C(=C)C)C(C)C1. The summed E-state index contributed by atoms with van der Waals surface area (Å²) in [6.45, 7) is 14.5. The Morgan fingerprint density at radius 3 is 1.70 bits per heavy atom. The second kappa shape index (κ2) is 6.73. The summed E-state index contributed by atoms with van der Waals surface area (Å²) in [7, 11) is 0. The van der Waals surface area contributed by atoms with Crippen molar-refractivity contribution in [1.29, 1.82) is 0 Å². The lowest BCUT2D eigenvalue weighted by Crippen LogP contribution is -2.41. The molecule has 1 fully saturated rings. The van der Waals surface area contributed by atoms with Gasteiger partial charge in [0.2, 0.25) is 0 Å². The van der Waals surface area contributed by atoms with Crippen LogP contribution in [-0.2, 0) is 19.1 Å². The van der Waals surface area contributed by atoms with Crippen molar-refractivity contribution in [2.24, 2.45) is 11.8 Å². The van der Waals surface area contributed by atoms with Crippen LogP contribution >= 0.6 is 0 Å². The normalized spacial score (nSPS) is 29.4. The molecule has 20 heavy (non-hydrogen) atoms. The molecule has 0 aromatic heterocycles. The van der Waals surface area contributed by atoms with Gasteiger partial charge in [-0.1, -0.05) is 27.0 Å². The third kappa shape index (κ3) is 4.22. The number of esters is 2. The van der Waals surface area contributed by atoms with E-state index in [4.69, 9.17) is 9.47 Å². The molecule has 0 bridgehead atoms. The fourth-order valence-electron chi connectivity index (χ4n) is 2.56. The van der Waals surface area contributed by atoms with Crippen LogP contribution in [0.4, 0.5) is 0 Å². The van der Waals surface area contributed by atoms with E-state index in [1.165, 1.54) is 0 Å². The van der Waals surface area contributed by atoms with E-state index in [0.717, 1.165) is 0 Å². The highest BCUT2D eigenvalue weighted by molar-refractivity contribution is 5.87. The molecular weight excluding hydrogens is 256 g/mol. The highest BCUT2D eigenvalue weighted by Crippen LogP contribution is 2.33. The summed E-state index contributed by atoms with van der Waals surface area (Å²) in [5.41, 5.74) is 0.807. The van der Waals surface area contributed by atoms with E-state index in [1.54, 1.807) is 13.8 Å². The van der Waals surface area contributed by atoms with Crippen molar-refractivity contribution in [3.05, 3.63) is 24.3 Å². The fourth-order valence-corrected chi connectivity index (χ4v) is 2.56. The molecule has 1 saturated carbocycles. The molecule has 0 saturated heterocycles. The lowest BCUT2D eigenvalue weighted by Gasteiger charge is -2.38. The van der Waals surface area contributed by atoms with Gasteiger partial charge >= 0.3 is 11.9 Å². The number of rotatable bonds is 4. The smallest absolute Gasteiger partial charge is 0.333 e. The molecule has 4 nitrogen and oxygen atoms in total. The highest BCUT2D eigenvalue weighted by Gasteiger charge is 2.37. The summed E-state index contributed by atoms with van der Waals surface area (Å²) >= 11 is 0. The number of ether oxygens (including phenoxy) is 2. The highest BCUT2D eigenvalue weighted by atomic mass is 16.6. The van der Waals surface area contributed by atoms with E-state index in [0.29, 0.717) is 24.0 Å². The van der Waals surface area contributed by atoms with Crippen molar-refractivity contribution in [2.45, 2.75) is 52.7 Å². The zero-order valence-electron chi connectivity index (χ0n) is 12.8. The Labute approximate surface area is 120 Å². The molecule has 4 heteroatoms. The molecule has 1 aliphatic carbocycles. The van der Waals surface area contributed by atoms with Gasteiger partial charge in [0.15, 0.2) is 0 Å². The minimum absolute atomic E-state index is 0.135. The summed E-state index contributed by atoms with van der Waals surface area (Å²) in [6, 6.07) is 0. The van der Waals surface area contributed by atoms with E-state index in [2.05, 4.69) is 13.2 Å². The Morgan fingerprint density at radius 2 is 1.30 bits per heavy atom. The molecule has 1 aliphatic rings. The van der Waals surface area contributed by atoms with E-state index in [-0.39, 0.29) is 36.0 Å². The lowest BCUT2D eigenvalue weighted by molar-refractivity contribution is -0.161. The van der Waals surface area contributed by atoms with Gasteiger partial charge in [0.25, 0.3) is 0 Å². The Hall–Kier alpha value is -1.58. The zero-order valence-corrected chi connectivity index (χ0v) is 12.8. The van der Waals surface area contributed by atoms with E-state index >= 15 is 0 Å². The molecule has 0 aromatic carbocycles. The summed E-state index contributed by atoms with van der Waals surface area (Å²) in [5, 5.41) is 0. The van der Waals surface area contributed by atoms with Crippen LogP contribution in [0.3, 0.4) is 0 Å². The van der Waals surface area contributed by atoms with Gasteiger partial charge in [-0.15, -0.1) is 0 Å². The van der Waals surface area contributed by atoms with Crippen LogP contribution in [0.1, 0.15) is 40.5 Å². The number of carbonyl (C=O) groups is 2. The molecule has 0 radical (unpaired) electrons. The van der Waals surface area contributed by atoms with Crippen molar-refractivity contribution in [1.82, 2.24) is 0 Å². The van der Waals surface area contributed by atoms with Crippen molar-refractivity contribution < 1.29 is 19.1 Å². The first-order valence-electron chi connectivity index (χ1n) is 6.95. The first kappa shape index (κ1) is 16.5. The molecule has 2 unspecified atom stereocenters. The maximum atomic E-state index is 11.6. The zero-order chi connectivity index (χ0) is 15.4. The van der Waals surface area contributed by atoms with Crippen LogP contribution < -0.4 is 0 Å². The van der Waals surface area contributed by atoms with Crippen LogP contribution in [0.2, 0.25) is 0 Å². The Morgan fingerprint density at radius 1 is 0.900 bits per heavy atom. The quantitative estimate of drug-likeness (QED) is 0.586. The average molecular weight is 280 g/mol. The molecule has 0 aliphatic heterocycles. The number of hydrogen-bond donors (Lipinski definition) is 0. The third-order valence-electron chi connectivity index (χ3n) is 3.60. The van der Waals surface area contributed by atoms with Gasteiger partial charge in [-0.25, -0.2) is 9.59 Å². The molecule has 0 amide bonds. The average Bonchev–Trinajstić information content (AvgIpc) is 2.33. The molecule has 2 atom stereocenters. The van der Waals surface area contributed by atoms with E-state index < -0.39 is 0 Å². The first-order chi connectivity index (χ1) is 9.22. The van der Waals surface area contributed by atoms with E-state index in [1.807, 2.05) is 13.8 Å². The van der Waals surface area contributed by atoms with Crippen molar-refractivity contribution in [3.8, 4) is 0 Å². The predicted molar refractivity (Wildman–Crippen MR) is 77.0 cm³/mol. The third-order valence-corrected chi connectivity index (χ3v) is 3.60. The van der Waals surface area contributed by atoms with Gasteiger partial charge in [0.1, 0.15) is 12.2 Å². The van der Waals surface area contributed by atoms with Gasteiger partial charge in [0, 0.05) is 11.1 Å². The summed E-state index contributed by atoms with van der Waals surface area (Å²) in [5.74, 6) is -0.423. The van der Waals surface area contributed by atoms with Crippen LogP contribution in [-0.4, -0.2) is 24.1 Å².